The third-order valence-corrected chi connectivity index (χ3v) is 4.05. The monoisotopic (exact) mass is 357 g/mol. The van der Waals surface area contributed by atoms with Crippen LogP contribution in [-0.2, 0) is 20.8 Å². The molecule has 2 atom stereocenters. The zero-order valence-corrected chi connectivity index (χ0v) is 13.6. The number of furan rings is 1. The highest BCUT2D eigenvalue weighted by molar-refractivity contribution is 5.88. The van der Waals surface area contributed by atoms with Crippen molar-refractivity contribution in [1.82, 2.24) is 0 Å². The van der Waals surface area contributed by atoms with Gasteiger partial charge in [-0.05, 0) is 30.9 Å². The molecule has 2 rings (SSSR count). The van der Waals surface area contributed by atoms with E-state index in [0.717, 1.165) is 12.2 Å². The van der Waals surface area contributed by atoms with Gasteiger partial charge in [-0.1, -0.05) is 6.42 Å². The Balaban J connectivity index is 0.000000250. The number of aliphatic hydroxyl groups is 1. The molecule has 0 saturated heterocycles. The Kier molecular flexibility index (Phi) is 7.59. The molecule has 0 aliphatic heterocycles. The van der Waals surface area contributed by atoms with Crippen LogP contribution in [0, 0.1) is 5.92 Å². The summed E-state index contributed by atoms with van der Waals surface area (Å²) in [5.74, 6) is -3.29. The van der Waals surface area contributed by atoms with E-state index in [1.165, 1.54) is 19.3 Å². The minimum absolute atomic E-state index is 0.398. The first-order valence-electron chi connectivity index (χ1n) is 7.81. The summed E-state index contributed by atoms with van der Waals surface area (Å²) >= 11 is 0. The highest BCUT2D eigenvalue weighted by Gasteiger charge is 2.40. The van der Waals surface area contributed by atoms with E-state index in [4.69, 9.17) is 30.6 Å². The third kappa shape index (κ3) is 6.94. The largest absolute Gasteiger partial charge is 0.481 e. The van der Waals surface area contributed by atoms with Gasteiger partial charge in [-0.2, -0.15) is 0 Å². The lowest BCUT2D eigenvalue weighted by atomic mass is 9.96. The molecule has 0 amide bonds. The van der Waals surface area contributed by atoms with Crippen molar-refractivity contribution in [3.05, 3.63) is 24.2 Å². The second kappa shape index (κ2) is 9.19. The average Bonchev–Trinajstić information content (AvgIpc) is 3.11. The predicted molar refractivity (Wildman–Crippen MR) is 84.8 cm³/mol. The van der Waals surface area contributed by atoms with Crippen LogP contribution < -0.4 is 5.73 Å². The van der Waals surface area contributed by atoms with Gasteiger partial charge in [-0.15, -0.1) is 0 Å². The molecule has 0 radical (unpaired) electrons. The van der Waals surface area contributed by atoms with Gasteiger partial charge in [0, 0.05) is 12.5 Å². The maximum absolute atomic E-state index is 10.3. The molecule has 1 aliphatic carbocycles. The first-order valence-corrected chi connectivity index (χ1v) is 7.81. The lowest BCUT2D eigenvalue weighted by molar-refractivity contribution is -0.170. The van der Waals surface area contributed by atoms with Crippen LogP contribution in [0.2, 0.25) is 0 Å². The molecule has 1 saturated carbocycles. The predicted octanol–water partition coefficient (Wildman–Crippen LogP) is 0.701. The van der Waals surface area contributed by atoms with Crippen LogP contribution >= 0.6 is 0 Å². The molecule has 0 aromatic carbocycles. The van der Waals surface area contributed by atoms with Crippen molar-refractivity contribution < 1.29 is 39.2 Å². The first kappa shape index (κ1) is 20.7. The van der Waals surface area contributed by atoms with E-state index in [-0.39, 0.29) is 0 Å². The first-order chi connectivity index (χ1) is 11.6. The Morgan fingerprint density at radius 3 is 2.12 bits per heavy atom. The SMILES string of the molecule is NC1CCCC1Cc1ccco1.O=C(O)CC(O)(CC(=O)O)C(=O)O. The molecular weight excluding hydrogens is 334 g/mol. The van der Waals surface area contributed by atoms with E-state index in [1.807, 2.05) is 12.1 Å². The summed E-state index contributed by atoms with van der Waals surface area (Å²) in [5, 5.41) is 33.8. The van der Waals surface area contributed by atoms with Gasteiger partial charge in [0.2, 0.25) is 0 Å². The van der Waals surface area contributed by atoms with E-state index in [9.17, 15) is 14.4 Å². The number of carboxylic acids is 3. The fourth-order valence-corrected chi connectivity index (χ4v) is 2.72. The zero-order valence-electron chi connectivity index (χ0n) is 13.6. The Labute approximate surface area is 144 Å². The highest BCUT2D eigenvalue weighted by Crippen LogP contribution is 2.27. The second-order valence-corrected chi connectivity index (χ2v) is 6.12. The van der Waals surface area contributed by atoms with Crippen LogP contribution in [0.5, 0.6) is 0 Å². The van der Waals surface area contributed by atoms with Gasteiger partial charge in [-0.25, -0.2) is 4.79 Å². The molecule has 1 fully saturated rings. The fraction of sp³-hybridized carbons (Fsp3) is 0.562. The fourth-order valence-electron chi connectivity index (χ4n) is 2.72. The van der Waals surface area contributed by atoms with Gasteiger partial charge in [-0.3, -0.25) is 9.59 Å². The summed E-state index contributed by atoms with van der Waals surface area (Å²) < 4.78 is 5.29. The number of hydrogen-bond donors (Lipinski definition) is 5. The molecule has 0 spiro atoms. The lowest BCUT2D eigenvalue weighted by Crippen LogP contribution is -2.42. The van der Waals surface area contributed by atoms with Gasteiger partial charge in [0.15, 0.2) is 5.60 Å². The summed E-state index contributed by atoms with van der Waals surface area (Å²) in [6.45, 7) is 0. The van der Waals surface area contributed by atoms with Gasteiger partial charge < -0.3 is 30.6 Å². The molecule has 1 aromatic heterocycles. The van der Waals surface area contributed by atoms with Crippen LogP contribution in [-0.4, -0.2) is 50.0 Å². The maximum Gasteiger partial charge on any atom is 0.336 e. The summed E-state index contributed by atoms with van der Waals surface area (Å²) in [5.41, 5.74) is 3.22. The second-order valence-electron chi connectivity index (χ2n) is 6.12. The normalized spacial score (nSPS) is 19.8. The van der Waals surface area contributed by atoms with E-state index < -0.39 is 36.4 Å². The molecule has 2 unspecified atom stereocenters. The Bertz CT molecular complexity index is 567. The molecule has 1 heterocycles. The van der Waals surface area contributed by atoms with Crippen molar-refractivity contribution in [2.75, 3.05) is 0 Å². The van der Waals surface area contributed by atoms with Crippen molar-refractivity contribution in [2.24, 2.45) is 11.7 Å². The Morgan fingerprint density at radius 1 is 1.16 bits per heavy atom. The van der Waals surface area contributed by atoms with Crippen molar-refractivity contribution in [3.8, 4) is 0 Å². The van der Waals surface area contributed by atoms with E-state index in [2.05, 4.69) is 0 Å². The quantitative estimate of drug-likeness (QED) is 0.471. The maximum atomic E-state index is 10.3. The smallest absolute Gasteiger partial charge is 0.336 e. The molecular formula is C16H23NO8. The van der Waals surface area contributed by atoms with Crippen LogP contribution in [0.4, 0.5) is 0 Å². The summed E-state index contributed by atoms with van der Waals surface area (Å²) in [7, 11) is 0. The van der Waals surface area contributed by atoms with E-state index in [1.54, 1.807) is 6.26 Å². The minimum Gasteiger partial charge on any atom is -0.481 e. The van der Waals surface area contributed by atoms with Gasteiger partial charge >= 0.3 is 17.9 Å². The molecule has 9 heteroatoms. The molecule has 25 heavy (non-hydrogen) atoms. The van der Waals surface area contributed by atoms with E-state index in [0.29, 0.717) is 12.0 Å². The van der Waals surface area contributed by atoms with Gasteiger partial charge in [0.1, 0.15) is 5.76 Å². The number of aliphatic carboxylic acids is 3. The standard InChI is InChI=1S/C10H15NO.C6H8O7/c11-10-5-1-3-8(10)7-9-4-2-6-12-9;7-3(8)1-6(13,5(11)12)2-4(9)10/h2,4,6,8,10H,1,3,5,7,11H2;13H,1-2H2,(H,7,8)(H,9,10)(H,11,12). The number of carboxylic acid groups (broad SMARTS) is 3. The van der Waals surface area contributed by atoms with Crippen molar-refractivity contribution in [3.63, 3.8) is 0 Å². The minimum atomic E-state index is -2.74. The number of hydrogen-bond acceptors (Lipinski definition) is 6. The molecule has 6 N–H and O–H groups in total. The van der Waals surface area contributed by atoms with Crippen molar-refractivity contribution in [1.29, 1.82) is 0 Å². The van der Waals surface area contributed by atoms with Crippen LogP contribution in [0.1, 0.15) is 37.9 Å². The van der Waals surface area contributed by atoms with Crippen molar-refractivity contribution in [2.45, 2.75) is 50.2 Å². The van der Waals surface area contributed by atoms with Crippen molar-refractivity contribution >= 4 is 17.9 Å². The molecule has 140 valence electrons. The number of carbonyl (C=O) groups is 3. The molecule has 1 aromatic rings. The topological polar surface area (TPSA) is 171 Å². The summed E-state index contributed by atoms with van der Waals surface area (Å²) in [6.07, 6.45) is 4.20. The highest BCUT2D eigenvalue weighted by atomic mass is 16.4. The molecule has 9 nitrogen and oxygen atoms in total. The lowest BCUT2D eigenvalue weighted by Gasteiger charge is -2.18. The van der Waals surface area contributed by atoms with Crippen LogP contribution in [0.15, 0.2) is 22.8 Å². The van der Waals surface area contributed by atoms with Crippen LogP contribution in [0.25, 0.3) is 0 Å². The zero-order chi connectivity index (χ0) is 19.0. The average molecular weight is 357 g/mol. The summed E-state index contributed by atoms with van der Waals surface area (Å²) in [6, 6.07) is 4.37. The Hall–Kier alpha value is -2.39. The number of nitrogens with two attached hydrogens (primary N) is 1. The van der Waals surface area contributed by atoms with E-state index >= 15 is 0 Å². The summed E-state index contributed by atoms with van der Waals surface area (Å²) in [4.78, 5) is 30.5. The van der Waals surface area contributed by atoms with Gasteiger partial charge in [0.25, 0.3) is 0 Å². The van der Waals surface area contributed by atoms with Crippen LogP contribution in [0.3, 0.4) is 0 Å². The number of rotatable bonds is 7. The molecule has 0 bridgehead atoms. The van der Waals surface area contributed by atoms with Gasteiger partial charge in [0.05, 0.1) is 19.1 Å². The Morgan fingerprint density at radius 2 is 1.76 bits per heavy atom. The molecule has 1 aliphatic rings. The third-order valence-electron chi connectivity index (χ3n) is 4.05.